The van der Waals surface area contributed by atoms with E-state index in [0.29, 0.717) is 53.2 Å². The number of hydrogen-bond donors (Lipinski definition) is 0. The summed E-state index contributed by atoms with van der Waals surface area (Å²) in [5.74, 6) is 2.98. The van der Waals surface area contributed by atoms with Crippen LogP contribution in [0, 0.1) is 18.3 Å². The van der Waals surface area contributed by atoms with Crippen molar-refractivity contribution in [1.29, 1.82) is 0 Å². The van der Waals surface area contributed by atoms with Crippen molar-refractivity contribution in [1.82, 2.24) is 8.87 Å². The second kappa shape index (κ2) is 9.36. The van der Waals surface area contributed by atoms with Gasteiger partial charge < -0.3 is 14.0 Å². The molecule has 0 radical (unpaired) electrons. The molecule has 0 aliphatic carbocycles. The van der Waals surface area contributed by atoms with Crippen molar-refractivity contribution in [3.05, 3.63) is 33.4 Å². The third kappa shape index (κ3) is 4.36. The van der Waals surface area contributed by atoms with Crippen LogP contribution in [0.5, 0.6) is 11.5 Å². The smallest absolute Gasteiger partial charge is 0.252 e. The first kappa shape index (κ1) is 23.4. The van der Waals surface area contributed by atoms with Crippen LogP contribution in [0.25, 0.3) is 10.2 Å². The highest BCUT2D eigenvalue weighted by molar-refractivity contribution is 7.91. The van der Waals surface area contributed by atoms with Crippen LogP contribution in [0.4, 0.5) is 0 Å². The summed E-state index contributed by atoms with van der Waals surface area (Å²) in [6, 6.07) is 6.76. The summed E-state index contributed by atoms with van der Waals surface area (Å²) in [6.07, 6.45) is 6.72. The van der Waals surface area contributed by atoms with Gasteiger partial charge in [-0.25, -0.2) is 8.42 Å². The number of sulfonamides is 1. The zero-order chi connectivity index (χ0) is 23.9. The van der Waals surface area contributed by atoms with Crippen molar-refractivity contribution in [2.75, 3.05) is 26.3 Å². The van der Waals surface area contributed by atoms with E-state index < -0.39 is 15.9 Å². The molecule has 3 aromatic rings. The Morgan fingerprint density at radius 3 is 2.71 bits per heavy atom. The summed E-state index contributed by atoms with van der Waals surface area (Å²) in [5.41, 5.74) is 0.807. The maximum atomic E-state index is 13.2. The lowest BCUT2D eigenvalue weighted by atomic mass is 9.99. The summed E-state index contributed by atoms with van der Waals surface area (Å²) in [4.78, 5) is 18.0. The molecular formula is C22H20ClN3O5S3. The fourth-order valence-corrected chi connectivity index (χ4v) is 8.25. The van der Waals surface area contributed by atoms with Gasteiger partial charge in [-0.15, -0.1) is 17.8 Å². The van der Waals surface area contributed by atoms with Crippen molar-refractivity contribution in [3.8, 4) is 23.8 Å². The highest BCUT2D eigenvalue weighted by Crippen LogP contribution is 2.36. The quantitative estimate of drug-likeness (QED) is 0.476. The minimum absolute atomic E-state index is 0.0796. The van der Waals surface area contributed by atoms with Gasteiger partial charge in [-0.2, -0.15) is 9.30 Å². The van der Waals surface area contributed by atoms with E-state index in [1.807, 2.05) is 12.1 Å². The zero-order valence-electron chi connectivity index (χ0n) is 17.9. The molecule has 2 aliphatic rings. The second-order valence-corrected chi connectivity index (χ2v) is 12.7. The molecule has 1 unspecified atom stereocenters. The highest BCUT2D eigenvalue weighted by atomic mass is 35.5. The van der Waals surface area contributed by atoms with E-state index in [1.165, 1.54) is 21.7 Å². The molecule has 1 amide bonds. The standard InChI is InChI=1S/C22H20ClN3O5S3/c1-2-7-26-15-11-16-17(31-10-9-30-16)12-18(15)32-22(26)24-21(27)14-4-3-8-25(13-14)34(28,29)20-6-5-19(23)33-20/h1,5-6,11-12,14H,3-4,7-10,13H2. The third-order valence-electron chi connectivity index (χ3n) is 5.68. The van der Waals surface area contributed by atoms with Gasteiger partial charge in [-0.3, -0.25) is 4.79 Å². The number of thiazole rings is 1. The van der Waals surface area contributed by atoms with Gasteiger partial charge in [0.15, 0.2) is 16.3 Å². The minimum atomic E-state index is -3.71. The number of nitrogens with zero attached hydrogens (tertiary/aromatic N) is 3. The molecule has 8 nitrogen and oxygen atoms in total. The van der Waals surface area contributed by atoms with Gasteiger partial charge in [-0.05, 0) is 25.0 Å². The van der Waals surface area contributed by atoms with E-state index in [4.69, 9.17) is 27.5 Å². The molecule has 0 N–H and O–H groups in total. The minimum Gasteiger partial charge on any atom is -0.486 e. The van der Waals surface area contributed by atoms with Gasteiger partial charge in [0.25, 0.3) is 15.9 Å². The summed E-state index contributed by atoms with van der Waals surface area (Å²) >= 11 is 8.27. The average molecular weight is 538 g/mol. The fourth-order valence-electron chi connectivity index (χ4n) is 4.05. The van der Waals surface area contributed by atoms with E-state index in [0.717, 1.165) is 21.6 Å². The molecule has 34 heavy (non-hydrogen) atoms. The van der Waals surface area contributed by atoms with Crippen molar-refractivity contribution < 1.29 is 22.7 Å². The molecule has 1 saturated heterocycles. The molecule has 1 atom stereocenters. The molecule has 0 bridgehead atoms. The molecule has 2 aromatic heterocycles. The fraction of sp³-hybridized carbons (Fsp3) is 0.364. The number of ether oxygens (including phenoxy) is 2. The molecule has 0 spiro atoms. The Balaban J connectivity index is 1.46. The zero-order valence-corrected chi connectivity index (χ0v) is 21.1. The van der Waals surface area contributed by atoms with Crippen LogP contribution >= 0.6 is 34.3 Å². The number of terminal acetylenes is 1. The Morgan fingerprint density at radius 2 is 2.00 bits per heavy atom. The maximum absolute atomic E-state index is 13.2. The Labute approximate surface area is 209 Å². The molecule has 178 valence electrons. The number of piperidine rings is 1. The number of rotatable bonds is 4. The van der Waals surface area contributed by atoms with E-state index >= 15 is 0 Å². The molecule has 12 heteroatoms. The first-order valence-corrected chi connectivity index (χ1v) is 14.0. The Kier molecular flexibility index (Phi) is 6.43. The van der Waals surface area contributed by atoms with Crippen LogP contribution in [0.3, 0.4) is 0 Å². The van der Waals surface area contributed by atoms with Crippen molar-refractivity contribution in [2.24, 2.45) is 10.9 Å². The second-order valence-electron chi connectivity index (χ2n) is 7.85. The largest absolute Gasteiger partial charge is 0.486 e. The summed E-state index contributed by atoms with van der Waals surface area (Å²) in [6.45, 7) is 1.61. The number of carbonyl (C=O) groups excluding carboxylic acids is 1. The number of carbonyl (C=O) groups is 1. The molecular weight excluding hydrogens is 518 g/mol. The molecule has 4 heterocycles. The van der Waals surface area contributed by atoms with Crippen LogP contribution < -0.4 is 14.3 Å². The van der Waals surface area contributed by atoms with Gasteiger partial charge in [0.05, 0.1) is 27.0 Å². The first-order chi connectivity index (χ1) is 16.4. The van der Waals surface area contributed by atoms with Gasteiger partial charge in [0.2, 0.25) is 0 Å². The number of benzene rings is 1. The van der Waals surface area contributed by atoms with Crippen LogP contribution in [-0.2, 0) is 21.4 Å². The van der Waals surface area contributed by atoms with Gasteiger partial charge in [0, 0.05) is 25.2 Å². The third-order valence-corrected chi connectivity index (χ3v) is 10.3. The van der Waals surface area contributed by atoms with Gasteiger partial charge in [-0.1, -0.05) is 28.9 Å². The summed E-state index contributed by atoms with van der Waals surface area (Å²) < 4.78 is 41.9. The summed E-state index contributed by atoms with van der Waals surface area (Å²) in [5, 5.41) is 0. The van der Waals surface area contributed by atoms with Crippen LogP contribution in [-0.4, -0.2) is 49.5 Å². The Bertz CT molecular complexity index is 1480. The maximum Gasteiger partial charge on any atom is 0.252 e. The van der Waals surface area contributed by atoms with Crippen LogP contribution in [0.2, 0.25) is 4.34 Å². The SMILES string of the molecule is C#CCn1c(=NC(=O)C2CCCN(S(=O)(=O)c3ccc(Cl)s3)C2)sc2cc3c(cc21)OCCO3. The number of halogens is 1. The lowest BCUT2D eigenvalue weighted by Crippen LogP contribution is -2.42. The number of thiophene rings is 1. The van der Waals surface area contributed by atoms with Crippen LogP contribution in [0.15, 0.2) is 33.5 Å². The van der Waals surface area contributed by atoms with Crippen LogP contribution in [0.1, 0.15) is 12.8 Å². The van der Waals surface area contributed by atoms with Crippen molar-refractivity contribution >= 4 is 60.4 Å². The van der Waals surface area contributed by atoms with Crippen molar-refractivity contribution in [2.45, 2.75) is 23.6 Å². The predicted molar refractivity (Wildman–Crippen MR) is 131 cm³/mol. The predicted octanol–water partition coefficient (Wildman–Crippen LogP) is 3.35. The van der Waals surface area contributed by atoms with E-state index in [-0.39, 0.29) is 23.2 Å². The lowest BCUT2D eigenvalue weighted by Gasteiger charge is -2.29. The van der Waals surface area contributed by atoms with E-state index in [1.54, 1.807) is 10.6 Å². The Morgan fingerprint density at radius 1 is 1.24 bits per heavy atom. The molecule has 2 aliphatic heterocycles. The monoisotopic (exact) mass is 537 g/mol. The molecule has 1 fully saturated rings. The topological polar surface area (TPSA) is 90.2 Å². The number of amides is 1. The van der Waals surface area contributed by atoms with Gasteiger partial charge in [0.1, 0.15) is 17.4 Å². The summed E-state index contributed by atoms with van der Waals surface area (Å²) in [7, 11) is -3.71. The normalized spacial score (nSPS) is 19.3. The van der Waals surface area contributed by atoms with Gasteiger partial charge >= 0.3 is 0 Å². The lowest BCUT2D eigenvalue weighted by molar-refractivity contribution is -0.122. The first-order valence-electron chi connectivity index (χ1n) is 10.6. The molecule has 1 aromatic carbocycles. The molecule has 5 rings (SSSR count). The number of fused-ring (bicyclic) bond motifs is 2. The molecule has 0 saturated carbocycles. The average Bonchev–Trinajstić information content (AvgIpc) is 3.42. The van der Waals surface area contributed by atoms with E-state index in [2.05, 4.69) is 10.9 Å². The highest BCUT2D eigenvalue weighted by Gasteiger charge is 2.34. The van der Waals surface area contributed by atoms with Crippen molar-refractivity contribution in [3.63, 3.8) is 0 Å². The number of hydrogen-bond acceptors (Lipinski definition) is 7. The Hall–Kier alpha value is -2.36. The number of aromatic nitrogens is 1. The van der Waals surface area contributed by atoms with E-state index in [9.17, 15) is 13.2 Å².